The monoisotopic (exact) mass is 292 g/mol. The highest BCUT2D eigenvalue weighted by Gasteiger charge is 2.29. The maximum Gasteiger partial charge on any atom is 0.317 e. The third-order valence-corrected chi connectivity index (χ3v) is 4.14. The minimum Gasteiger partial charge on any atom is -0.496 e. The van der Waals surface area contributed by atoms with Gasteiger partial charge in [-0.15, -0.1) is 0 Å². The van der Waals surface area contributed by atoms with Crippen LogP contribution in [0.15, 0.2) is 24.3 Å². The number of ether oxygens (including phenoxy) is 1. The highest BCUT2D eigenvalue weighted by molar-refractivity contribution is 5.75. The number of hydrogen-bond donors (Lipinski definition) is 2. The molecule has 0 aliphatic carbocycles. The molecule has 3 atom stereocenters. The molecule has 0 spiro atoms. The molecule has 1 fully saturated rings. The van der Waals surface area contributed by atoms with Crippen molar-refractivity contribution in [3.63, 3.8) is 0 Å². The lowest BCUT2D eigenvalue weighted by Gasteiger charge is -2.22. The quantitative estimate of drug-likeness (QED) is 0.894. The van der Waals surface area contributed by atoms with Crippen molar-refractivity contribution < 1.29 is 14.6 Å². The molecule has 2 N–H and O–H groups in total. The van der Waals surface area contributed by atoms with Gasteiger partial charge in [0.05, 0.1) is 19.3 Å². The number of urea groups is 1. The van der Waals surface area contributed by atoms with E-state index in [0.29, 0.717) is 13.1 Å². The van der Waals surface area contributed by atoms with Crippen molar-refractivity contribution in [1.82, 2.24) is 10.2 Å². The number of hydrogen-bond acceptors (Lipinski definition) is 3. The maximum absolute atomic E-state index is 12.3. The summed E-state index contributed by atoms with van der Waals surface area (Å²) >= 11 is 0. The molecule has 1 aromatic carbocycles. The van der Waals surface area contributed by atoms with Gasteiger partial charge in [-0.25, -0.2) is 4.79 Å². The molecule has 0 bridgehead atoms. The van der Waals surface area contributed by atoms with E-state index in [2.05, 4.69) is 5.32 Å². The largest absolute Gasteiger partial charge is 0.496 e. The number of carbonyl (C=O) groups is 1. The predicted octanol–water partition coefficient (Wildman–Crippen LogP) is 2.17. The predicted molar refractivity (Wildman–Crippen MR) is 81.3 cm³/mol. The van der Waals surface area contributed by atoms with E-state index in [4.69, 9.17) is 4.74 Å². The average molecular weight is 292 g/mol. The Hall–Kier alpha value is -1.75. The molecule has 2 rings (SSSR count). The van der Waals surface area contributed by atoms with Gasteiger partial charge < -0.3 is 20.1 Å². The molecule has 0 saturated carbocycles. The van der Waals surface area contributed by atoms with Crippen LogP contribution in [0, 0.1) is 5.92 Å². The molecule has 0 radical (unpaired) electrons. The van der Waals surface area contributed by atoms with E-state index in [-0.39, 0.29) is 24.1 Å². The minimum absolute atomic E-state index is 0.0865. The van der Waals surface area contributed by atoms with Gasteiger partial charge in [0.2, 0.25) is 0 Å². The summed E-state index contributed by atoms with van der Waals surface area (Å²) in [6.07, 6.45) is 0.489. The van der Waals surface area contributed by atoms with Gasteiger partial charge in [-0.1, -0.05) is 18.2 Å². The maximum atomic E-state index is 12.3. The van der Waals surface area contributed by atoms with Crippen LogP contribution < -0.4 is 10.1 Å². The molecular formula is C16H24N2O3. The molecular weight excluding hydrogens is 268 g/mol. The molecule has 1 heterocycles. The lowest BCUT2D eigenvalue weighted by molar-refractivity contribution is 0.129. The lowest BCUT2D eigenvalue weighted by atomic mass is 10.0. The van der Waals surface area contributed by atoms with Crippen LogP contribution in [-0.4, -0.2) is 42.3 Å². The Balaban J connectivity index is 1.96. The van der Waals surface area contributed by atoms with E-state index < -0.39 is 0 Å². The third-order valence-electron chi connectivity index (χ3n) is 4.14. The van der Waals surface area contributed by atoms with Crippen LogP contribution in [0.1, 0.15) is 31.9 Å². The van der Waals surface area contributed by atoms with E-state index >= 15 is 0 Å². The van der Waals surface area contributed by atoms with E-state index in [1.54, 1.807) is 18.9 Å². The number of carbonyl (C=O) groups excluding carboxylic acids is 1. The Morgan fingerprint density at radius 1 is 1.43 bits per heavy atom. The number of methoxy groups -OCH3 is 1. The Bertz CT molecular complexity index is 490. The van der Waals surface area contributed by atoms with E-state index in [1.165, 1.54) is 0 Å². The van der Waals surface area contributed by atoms with Crippen LogP contribution >= 0.6 is 0 Å². The summed E-state index contributed by atoms with van der Waals surface area (Å²) in [6.45, 7) is 5.03. The Morgan fingerprint density at radius 2 is 2.14 bits per heavy atom. The number of amides is 2. The number of para-hydroxylation sites is 1. The molecule has 1 aromatic rings. The molecule has 1 saturated heterocycles. The number of likely N-dealkylation sites (tertiary alicyclic amines) is 1. The fraction of sp³-hybridized carbons (Fsp3) is 0.562. The molecule has 3 unspecified atom stereocenters. The van der Waals surface area contributed by atoms with Crippen molar-refractivity contribution in [3.05, 3.63) is 29.8 Å². The first-order valence-corrected chi connectivity index (χ1v) is 7.39. The second kappa shape index (κ2) is 6.80. The standard InChI is InChI=1S/C16H24N2O3/c1-11(14-6-4-5-7-15(14)21-3)17-16(20)18-9-8-13(10-18)12(2)19/h4-7,11-13,19H,8-10H2,1-3H3,(H,17,20). The van der Waals surface area contributed by atoms with Crippen LogP contribution in [0.25, 0.3) is 0 Å². The number of nitrogens with one attached hydrogen (secondary N) is 1. The summed E-state index contributed by atoms with van der Waals surface area (Å²) in [7, 11) is 1.63. The summed E-state index contributed by atoms with van der Waals surface area (Å²) in [5.41, 5.74) is 0.958. The zero-order valence-corrected chi connectivity index (χ0v) is 12.9. The fourth-order valence-electron chi connectivity index (χ4n) is 2.74. The summed E-state index contributed by atoms with van der Waals surface area (Å²) in [5.74, 6) is 0.950. The number of rotatable bonds is 4. The van der Waals surface area contributed by atoms with Gasteiger partial charge in [0.1, 0.15) is 5.75 Å². The van der Waals surface area contributed by atoms with Crippen molar-refractivity contribution in [2.24, 2.45) is 5.92 Å². The normalized spacial score (nSPS) is 21.0. The van der Waals surface area contributed by atoms with E-state index in [1.807, 2.05) is 31.2 Å². The number of aliphatic hydroxyl groups excluding tert-OH is 1. The molecule has 1 aliphatic heterocycles. The SMILES string of the molecule is COc1ccccc1C(C)NC(=O)N1CCC(C(C)O)C1. The van der Waals surface area contributed by atoms with Crippen LogP contribution in [0.5, 0.6) is 5.75 Å². The van der Waals surface area contributed by atoms with Crippen molar-refractivity contribution in [2.75, 3.05) is 20.2 Å². The van der Waals surface area contributed by atoms with Crippen molar-refractivity contribution in [2.45, 2.75) is 32.4 Å². The molecule has 2 amide bonds. The summed E-state index contributed by atoms with van der Waals surface area (Å²) in [6, 6.07) is 7.46. The summed E-state index contributed by atoms with van der Waals surface area (Å²) in [4.78, 5) is 14.1. The second-order valence-corrected chi connectivity index (χ2v) is 5.65. The van der Waals surface area contributed by atoms with Crippen LogP contribution in [0.2, 0.25) is 0 Å². The van der Waals surface area contributed by atoms with Gasteiger partial charge in [0.25, 0.3) is 0 Å². The average Bonchev–Trinajstić information content (AvgIpc) is 2.97. The molecule has 116 valence electrons. The van der Waals surface area contributed by atoms with E-state index in [9.17, 15) is 9.90 Å². The third kappa shape index (κ3) is 3.67. The lowest BCUT2D eigenvalue weighted by Crippen LogP contribution is -2.40. The van der Waals surface area contributed by atoms with Gasteiger partial charge in [0.15, 0.2) is 0 Å². The van der Waals surface area contributed by atoms with Crippen LogP contribution in [-0.2, 0) is 0 Å². The topological polar surface area (TPSA) is 61.8 Å². The molecule has 1 aliphatic rings. The summed E-state index contributed by atoms with van der Waals surface area (Å²) < 4.78 is 5.32. The van der Waals surface area contributed by atoms with Crippen molar-refractivity contribution in [3.8, 4) is 5.75 Å². The van der Waals surface area contributed by atoms with E-state index in [0.717, 1.165) is 17.7 Å². The van der Waals surface area contributed by atoms with Crippen LogP contribution in [0.4, 0.5) is 4.79 Å². The zero-order valence-electron chi connectivity index (χ0n) is 12.9. The molecule has 0 aromatic heterocycles. The van der Waals surface area contributed by atoms with Crippen molar-refractivity contribution >= 4 is 6.03 Å². The highest BCUT2D eigenvalue weighted by atomic mass is 16.5. The van der Waals surface area contributed by atoms with Gasteiger partial charge in [-0.3, -0.25) is 0 Å². The Kier molecular flexibility index (Phi) is 5.07. The minimum atomic E-state index is -0.366. The van der Waals surface area contributed by atoms with Gasteiger partial charge in [-0.2, -0.15) is 0 Å². The Morgan fingerprint density at radius 3 is 2.76 bits per heavy atom. The number of nitrogens with zero attached hydrogens (tertiary/aromatic N) is 1. The first-order chi connectivity index (χ1) is 10.0. The Labute approximate surface area is 125 Å². The molecule has 5 heteroatoms. The number of benzene rings is 1. The molecule has 5 nitrogen and oxygen atoms in total. The van der Waals surface area contributed by atoms with Gasteiger partial charge in [-0.05, 0) is 26.3 Å². The number of aliphatic hydroxyl groups is 1. The first kappa shape index (κ1) is 15.6. The molecule has 21 heavy (non-hydrogen) atoms. The van der Waals surface area contributed by atoms with Crippen molar-refractivity contribution in [1.29, 1.82) is 0 Å². The fourth-order valence-corrected chi connectivity index (χ4v) is 2.74. The second-order valence-electron chi connectivity index (χ2n) is 5.65. The van der Waals surface area contributed by atoms with Gasteiger partial charge >= 0.3 is 6.03 Å². The zero-order chi connectivity index (χ0) is 15.4. The van der Waals surface area contributed by atoms with Crippen LogP contribution in [0.3, 0.4) is 0 Å². The smallest absolute Gasteiger partial charge is 0.317 e. The van der Waals surface area contributed by atoms with Gasteiger partial charge in [0, 0.05) is 24.6 Å². The first-order valence-electron chi connectivity index (χ1n) is 7.39. The highest BCUT2D eigenvalue weighted by Crippen LogP contribution is 2.25. The summed E-state index contributed by atoms with van der Waals surface area (Å²) in [5, 5.41) is 12.6.